The van der Waals surface area contributed by atoms with Gasteiger partial charge in [0.25, 0.3) is 0 Å². The van der Waals surface area contributed by atoms with Crippen molar-refractivity contribution in [3.8, 4) is 0 Å². The fraction of sp³-hybridized carbons (Fsp3) is 0.476. The molecule has 0 bridgehead atoms. The van der Waals surface area contributed by atoms with Crippen LogP contribution in [0.4, 0.5) is 10.2 Å². The van der Waals surface area contributed by atoms with Crippen LogP contribution in [0.15, 0.2) is 24.3 Å². The van der Waals surface area contributed by atoms with Crippen molar-refractivity contribution >= 4 is 11.7 Å². The van der Waals surface area contributed by atoms with E-state index in [0.717, 1.165) is 61.1 Å². The summed E-state index contributed by atoms with van der Waals surface area (Å²) in [5.74, 6) is 1.68. The predicted octanol–water partition coefficient (Wildman–Crippen LogP) is 3.27. The van der Waals surface area contributed by atoms with Crippen LogP contribution < -0.4 is 4.90 Å². The Balaban J connectivity index is 1.81. The van der Waals surface area contributed by atoms with Gasteiger partial charge in [-0.1, -0.05) is 19.1 Å². The molecule has 1 aliphatic heterocycles. The van der Waals surface area contributed by atoms with Crippen LogP contribution in [0.2, 0.25) is 0 Å². The molecule has 1 fully saturated rings. The van der Waals surface area contributed by atoms with Gasteiger partial charge in [-0.05, 0) is 38.0 Å². The van der Waals surface area contributed by atoms with Gasteiger partial charge in [0.05, 0.1) is 0 Å². The molecular weight excluding hydrogens is 343 g/mol. The minimum absolute atomic E-state index is 0.233. The van der Waals surface area contributed by atoms with Crippen LogP contribution in [0.3, 0.4) is 0 Å². The summed E-state index contributed by atoms with van der Waals surface area (Å²) < 4.78 is 13.2. The van der Waals surface area contributed by atoms with Gasteiger partial charge in [-0.15, -0.1) is 0 Å². The Labute approximate surface area is 160 Å². The lowest BCUT2D eigenvalue weighted by Crippen LogP contribution is -2.49. The molecule has 27 heavy (non-hydrogen) atoms. The fourth-order valence-electron chi connectivity index (χ4n) is 3.53. The quantitative estimate of drug-likeness (QED) is 0.811. The van der Waals surface area contributed by atoms with Gasteiger partial charge in [-0.2, -0.15) is 0 Å². The normalized spacial score (nSPS) is 14.5. The number of amides is 1. The number of rotatable bonds is 5. The molecule has 0 aliphatic carbocycles. The number of hydrogen-bond donors (Lipinski definition) is 0. The van der Waals surface area contributed by atoms with E-state index in [4.69, 9.17) is 4.98 Å². The summed E-state index contributed by atoms with van der Waals surface area (Å²) in [5, 5.41) is 0. The molecule has 0 radical (unpaired) electrons. The number of hydrogen-bond acceptors (Lipinski definition) is 4. The highest BCUT2D eigenvalue weighted by Crippen LogP contribution is 2.25. The van der Waals surface area contributed by atoms with E-state index in [9.17, 15) is 9.18 Å². The molecule has 0 saturated carbocycles. The standard InChI is InChI=1S/C21H27FN4O/c1-4-5-20(27)25-10-12-26(13-11-25)21-19(15(2)23-16(3)24-21)14-17-6-8-18(22)9-7-17/h6-9H,4-5,10-14H2,1-3H3. The first kappa shape index (κ1) is 19.3. The molecule has 3 rings (SSSR count). The molecule has 1 aliphatic rings. The van der Waals surface area contributed by atoms with Gasteiger partial charge in [0.1, 0.15) is 17.5 Å². The molecule has 6 heteroatoms. The van der Waals surface area contributed by atoms with Crippen LogP contribution in [0.5, 0.6) is 0 Å². The molecule has 0 atom stereocenters. The number of nitrogens with zero attached hydrogens (tertiary/aromatic N) is 4. The van der Waals surface area contributed by atoms with Crippen LogP contribution in [0.1, 0.15) is 42.4 Å². The average molecular weight is 370 g/mol. The summed E-state index contributed by atoms with van der Waals surface area (Å²) in [6, 6.07) is 6.58. The zero-order valence-electron chi connectivity index (χ0n) is 16.3. The van der Waals surface area contributed by atoms with E-state index in [-0.39, 0.29) is 11.7 Å². The van der Waals surface area contributed by atoms with Crippen LogP contribution >= 0.6 is 0 Å². The molecule has 1 aromatic heterocycles. The molecule has 0 spiro atoms. The van der Waals surface area contributed by atoms with Crippen LogP contribution in [0, 0.1) is 19.7 Å². The highest BCUT2D eigenvalue weighted by atomic mass is 19.1. The first-order valence-corrected chi connectivity index (χ1v) is 9.59. The number of carbonyl (C=O) groups excluding carboxylic acids is 1. The first-order valence-electron chi connectivity index (χ1n) is 9.59. The minimum Gasteiger partial charge on any atom is -0.353 e. The van der Waals surface area contributed by atoms with E-state index in [0.29, 0.717) is 12.8 Å². The van der Waals surface area contributed by atoms with Crippen LogP contribution in [-0.4, -0.2) is 47.0 Å². The number of carbonyl (C=O) groups is 1. The van der Waals surface area contributed by atoms with Gasteiger partial charge in [-0.3, -0.25) is 4.79 Å². The molecule has 0 unspecified atom stereocenters. The predicted molar refractivity (Wildman–Crippen MR) is 104 cm³/mol. The third-order valence-electron chi connectivity index (χ3n) is 4.99. The molecular formula is C21H27FN4O. The van der Waals surface area contributed by atoms with E-state index in [2.05, 4.69) is 9.88 Å². The SMILES string of the molecule is CCCC(=O)N1CCN(c2nc(C)nc(C)c2Cc2ccc(F)cc2)CC1. The molecule has 0 N–H and O–H groups in total. The number of aromatic nitrogens is 2. The zero-order chi connectivity index (χ0) is 19.4. The van der Waals surface area contributed by atoms with Crippen molar-refractivity contribution in [3.63, 3.8) is 0 Å². The summed E-state index contributed by atoms with van der Waals surface area (Å²) in [6.45, 7) is 8.90. The number of aryl methyl sites for hydroxylation is 2. The number of halogens is 1. The van der Waals surface area contributed by atoms with E-state index in [1.807, 2.05) is 25.7 Å². The lowest BCUT2D eigenvalue weighted by atomic mass is 10.0. The highest BCUT2D eigenvalue weighted by molar-refractivity contribution is 5.76. The first-order chi connectivity index (χ1) is 13.0. The van der Waals surface area contributed by atoms with E-state index in [1.54, 1.807) is 12.1 Å². The summed E-state index contributed by atoms with van der Waals surface area (Å²) in [5.41, 5.74) is 3.05. The molecule has 2 heterocycles. The summed E-state index contributed by atoms with van der Waals surface area (Å²) in [4.78, 5) is 25.6. The Bertz CT molecular complexity index is 799. The minimum atomic E-state index is -0.233. The van der Waals surface area contributed by atoms with E-state index in [1.165, 1.54) is 12.1 Å². The number of benzene rings is 1. The second kappa shape index (κ2) is 8.46. The maximum Gasteiger partial charge on any atom is 0.222 e. The second-order valence-corrected chi connectivity index (χ2v) is 7.08. The maximum atomic E-state index is 13.2. The lowest BCUT2D eigenvalue weighted by molar-refractivity contribution is -0.131. The third-order valence-corrected chi connectivity index (χ3v) is 4.99. The zero-order valence-corrected chi connectivity index (χ0v) is 16.3. The van der Waals surface area contributed by atoms with Crippen molar-refractivity contribution in [3.05, 3.63) is 52.7 Å². The average Bonchev–Trinajstić information content (AvgIpc) is 2.65. The van der Waals surface area contributed by atoms with Gasteiger partial charge in [0.15, 0.2) is 0 Å². The molecule has 144 valence electrons. The lowest BCUT2D eigenvalue weighted by Gasteiger charge is -2.36. The summed E-state index contributed by atoms with van der Waals surface area (Å²) in [6.07, 6.45) is 2.16. The molecule has 2 aromatic rings. The summed E-state index contributed by atoms with van der Waals surface area (Å²) >= 11 is 0. The largest absolute Gasteiger partial charge is 0.353 e. The molecule has 5 nitrogen and oxygen atoms in total. The van der Waals surface area contributed by atoms with Crippen molar-refractivity contribution in [2.75, 3.05) is 31.1 Å². The van der Waals surface area contributed by atoms with Gasteiger partial charge < -0.3 is 9.80 Å². The second-order valence-electron chi connectivity index (χ2n) is 7.08. The number of piperazine rings is 1. The highest BCUT2D eigenvalue weighted by Gasteiger charge is 2.24. The van der Waals surface area contributed by atoms with Gasteiger partial charge in [-0.25, -0.2) is 14.4 Å². The van der Waals surface area contributed by atoms with Gasteiger partial charge in [0.2, 0.25) is 5.91 Å². The molecule has 1 aromatic carbocycles. The number of anilines is 1. The third kappa shape index (κ3) is 4.62. The smallest absolute Gasteiger partial charge is 0.222 e. The Morgan fingerprint density at radius 1 is 1.07 bits per heavy atom. The monoisotopic (exact) mass is 370 g/mol. The van der Waals surface area contributed by atoms with E-state index >= 15 is 0 Å². The molecule has 1 amide bonds. The molecule has 1 saturated heterocycles. The van der Waals surface area contributed by atoms with Crippen molar-refractivity contribution in [2.24, 2.45) is 0 Å². The van der Waals surface area contributed by atoms with Gasteiger partial charge in [0, 0.05) is 50.3 Å². The van der Waals surface area contributed by atoms with Crippen LogP contribution in [-0.2, 0) is 11.2 Å². The summed E-state index contributed by atoms with van der Waals surface area (Å²) in [7, 11) is 0. The van der Waals surface area contributed by atoms with Crippen LogP contribution in [0.25, 0.3) is 0 Å². The van der Waals surface area contributed by atoms with E-state index < -0.39 is 0 Å². The Morgan fingerprint density at radius 2 is 1.74 bits per heavy atom. The van der Waals surface area contributed by atoms with Crippen molar-refractivity contribution in [1.29, 1.82) is 0 Å². The van der Waals surface area contributed by atoms with Crippen molar-refractivity contribution in [2.45, 2.75) is 40.0 Å². The van der Waals surface area contributed by atoms with Crippen molar-refractivity contribution in [1.82, 2.24) is 14.9 Å². The maximum absolute atomic E-state index is 13.2. The Kier molecular flexibility index (Phi) is 6.04. The Morgan fingerprint density at radius 3 is 2.37 bits per heavy atom. The van der Waals surface area contributed by atoms with Gasteiger partial charge >= 0.3 is 0 Å². The topological polar surface area (TPSA) is 49.3 Å². The fourth-order valence-corrected chi connectivity index (χ4v) is 3.53. The van der Waals surface area contributed by atoms with Crippen molar-refractivity contribution < 1.29 is 9.18 Å². The Hall–Kier alpha value is -2.50.